The normalized spacial score (nSPS) is 39.4. The number of rotatable bonds is 4. The summed E-state index contributed by atoms with van der Waals surface area (Å²) in [6, 6.07) is 1.48. The predicted molar refractivity (Wildman–Crippen MR) is 92.3 cm³/mol. The maximum atomic E-state index is 6.13. The summed E-state index contributed by atoms with van der Waals surface area (Å²) in [5.74, 6) is 2.51. The van der Waals surface area contributed by atoms with Crippen LogP contribution < -0.4 is 5.73 Å². The van der Waals surface area contributed by atoms with Crippen LogP contribution in [-0.4, -0.2) is 30.1 Å². The standard InChI is InChI=1S/C19H38N2/c1-6-19(4,5)17-8-7-16(13-20)18(12-17)21-10-9-14(2)11-15(21)3/h14-18H,6-13,20H2,1-5H3. The Balaban J connectivity index is 2.10. The quantitative estimate of drug-likeness (QED) is 0.838. The van der Waals surface area contributed by atoms with Gasteiger partial charge >= 0.3 is 0 Å². The van der Waals surface area contributed by atoms with E-state index < -0.39 is 0 Å². The first-order valence-electron chi connectivity index (χ1n) is 9.34. The second kappa shape index (κ2) is 7.00. The highest BCUT2D eigenvalue weighted by atomic mass is 15.2. The number of likely N-dealkylation sites (tertiary alicyclic amines) is 1. The van der Waals surface area contributed by atoms with Gasteiger partial charge in [0.2, 0.25) is 0 Å². The summed E-state index contributed by atoms with van der Waals surface area (Å²) in [7, 11) is 0. The van der Waals surface area contributed by atoms with E-state index in [0.717, 1.165) is 36.4 Å². The molecule has 124 valence electrons. The third-order valence-corrected chi connectivity index (χ3v) is 6.89. The molecule has 2 rings (SSSR count). The fourth-order valence-electron chi connectivity index (χ4n) is 4.81. The van der Waals surface area contributed by atoms with E-state index in [1.54, 1.807) is 0 Å². The van der Waals surface area contributed by atoms with Crippen molar-refractivity contribution in [1.82, 2.24) is 4.90 Å². The molecule has 21 heavy (non-hydrogen) atoms. The van der Waals surface area contributed by atoms with Gasteiger partial charge in [-0.1, -0.05) is 34.1 Å². The molecule has 1 saturated heterocycles. The molecule has 1 heterocycles. The lowest BCUT2D eigenvalue weighted by molar-refractivity contribution is -0.00393. The second-order valence-electron chi connectivity index (χ2n) is 8.63. The summed E-state index contributed by atoms with van der Waals surface area (Å²) < 4.78 is 0. The molecule has 0 bridgehead atoms. The highest BCUT2D eigenvalue weighted by molar-refractivity contribution is 4.94. The van der Waals surface area contributed by atoms with Gasteiger partial charge in [0.1, 0.15) is 0 Å². The Hall–Kier alpha value is -0.0800. The van der Waals surface area contributed by atoms with Gasteiger partial charge in [-0.3, -0.25) is 4.90 Å². The highest BCUT2D eigenvalue weighted by Gasteiger charge is 2.41. The molecule has 2 aliphatic rings. The Morgan fingerprint density at radius 2 is 1.81 bits per heavy atom. The molecule has 2 heteroatoms. The summed E-state index contributed by atoms with van der Waals surface area (Å²) in [6.07, 6.45) is 8.15. The van der Waals surface area contributed by atoms with E-state index in [2.05, 4.69) is 39.5 Å². The van der Waals surface area contributed by atoms with Gasteiger partial charge in [0.05, 0.1) is 0 Å². The van der Waals surface area contributed by atoms with E-state index in [1.807, 2.05) is 0 Å². The molecular weight excluding hydrogens is 256 g/mol. The van der Waals surface area contributed by atoms with Crippen molar-refractivity contribution in [2.24, 2.45) is 28.9 Å². The van der Waals surface area contributed by atoms with E-state index in [9.17, 15) is 0 Å². The first-order valence-corrected chi connectivity index (χ1v) is 9.34. The Morgan fingerprint density at radius 1 is 1.10 bits per heavy atom. The lowest BCUT2D eigenvalue weighted by Gasteiger charge is -2.50. The van der Waals surface area contributed by atoms with Crippen molar-refractivity contribution < 1.29 is 0 Å². The van der Waals surface area contributed by atoms with E-state index in [0.29, 0.717) is 5.41 Å². The van der Waals surface area contributed by atoms with Gasteiger partial charge in [-0.25, -0.2) is 0 Å². The zero-order chi connectivity index (χ0) is 15.6. The number of nitrogens with two attached hydrogens (primary N) is 1. The van der Waals surface area contributed by atoms with Gasteiger partial charge in [-0.15, -0.1) is 0 Å². The van der Waals surface area contributed by atoms with Crippen molar-refractivity contribution >= 4 is 0 Å². The van der Waals surface area contributed by atoms with Crippen molar-refractivity contribution in [2.75, 3.05) is 13.1 Å². The molecule has 5 unspecified atom stereocenters. The minimum Gasteiger partial charge on any atom is -0.330 e. The average Bonchev–Trinajstić information content (AvgIpc) is 2.46. The van der Waals surface area contributed by atoms with Gasteiger partial charge in [0.15, 0.2) is 0 Å². The fourth-order valence-corrected chi connectivity index (χ4v) is 4.81. The fraction of sp³-hybridized carbons (Fsp3) is 1.00. The van der Waals surface area contributed by atoms with Crippen LogP contribution in [0.4, 0.5) is 0 Å². The Labute approximate surface area is 132 Å². The molecule has 0 aromatic carbocycles. The number of nitrogens with zero attached hydrogens (tertiary/aromatic N) is 1. The first-order chi connectivity index (χ1) is 9.89. The molecule has 0 aromatic heterocycles. The van der Waals surface area contributed by atoms with Crippen LogP contribution in [0.2, 0.25) is 0 Å². The largest absolute Gasteiger partial charge is 0.330 e. The Morgan fingerprint density at radius 3 is 2.38 bits per heavy atom. The molecule has 2 nitrogen and oxygen atoms in total. The highest BCUT2D eigenvalue weighted by Crippen LogP contribution is 2.44. The zero-order valence-electron chi connectivity index (χ0n) is 15.1. The predicted octanol–water partition coefficient (Wildman–Crippen LogP) is 4.29. The third kappa shape index (κ3) is 3.82. The number of hydrogen-bond acceptors (Lipinski definition) is 2. The van der Waals surface area contributed by atoms with Gasteiger partial charge < -0.3 is 5.73 Å². The maximum absolute atomic E-state index is 6.13. The van der Waals surface area contributed by atoms with E-state index in [4.69, 9.17) is 5.73 Å². The SMILES string of the molecule is CCC(C)(C)C1CCC(CN)C(N2CCC(C)CC2C)C1. The summed E-state index contributed by atoms with van der Waals surface area (Å²) in [5.41, 5.74) is 6.62. The monoisotopic (exact) mass is 294 g/mol. The van der Waals surface area contributed by atoms with Gasteiger partial charge in [0, 0.05) is 12.1 Å². The smallest absolute Gasteiger partial charge is 0.0141 e. The van der Waals surface area contributed by atoms with Crippen LogP contribution in [-0.2, 0) is 0 Å². The lowest BCUT2D eigenvalue weighted by atomic mass is 9.65. The van der Waals surface area contributed by atoms with Crippen LogP contribution in [0.1, 0.15) is 73.1 Å². The zero-order valence-corrected chi connectivity index (χ0v) is 15.1. The maximum Gasteiger partial charge on any atom is 0.0141 e. The van der Waals surface area contributed by atoms with Crippen LogP contribution in [0, 0.1) is 23.2 Å². The Kier molecular flexibility index (Phi) is 5.76. The second-order valence-corrected chi connectivity index (χ2v) is 8.63. The summed E-state index contributed by atoms with van der Waals surface area (Å²) in [4.78, 5) is 2.83. The first kappa shape index (κ1) is 17.3. The minimum atomic E-state index is 0.490. The van der Waals surface area contributed by atoms with E-state index in [1.165, 1.54) is 45.1 Å². The van der Waals surface area contributed by atoms with Crippen LogP contribution >= 0.6 is 0 Å². The van der Waals surface area contributed by atoms with Crippen LogP contribution in [0.5, 0.6) is 0 Å². The van der Waals surface area contributed by atoms with Crippen molar-refractivity contribution in [3.05, 3.63) is 0 Å². The molecule has 2 N–H and O–H groups in total. The lowest BCUT2D eigenvalue weighted by Crippen LogP contribution is -2.54. The van der Waals surface area contributed by atoms with Crippen LogP contribution in [0.15, 0.2) is 0 Å². The topological polar surface area (TPSA) is 29.3 Å². The average molecular weight is 295 g/mol. The van der Waals surface area contributed by atoms with Gasteiger partial charge in [-0.05, 0) is 75.3 Å². The minimum absolute atomic E-state index is 0.490. The van der Waals surface area contributed by atoms with Crippen LogP contribution in [0.25, 0.3) is 0 Å². The molecule has 0 aromatic rings. The molecule has 1 aliphatic carbocycles. The molecular formula is C19H38N2. The summed E-state index contributed by atoms with van der Waals surface area (Å²) >= 11 is 0. The van der Waals surface area contributed by atoms with Gasteiger partial charge in [-0.2, -0.15) is 0 Å². The summed E-state index contributed by atoms with van der Waals surface area (Å²) in [5, 5.41) is 0. The number of hydrogen-bond donors (Lipinski definition) is 1. The molecule has 1 saturated carbocycles. The summed E-state index contributed by atoms with van der Waals surface area (Å²) in [6.45, 7) is 14.3. The molecule has 1 aliphatic heterocycles. The van der Waals surface area contributed by atoms with Crippen molar-refractivity contribution in [1.29, 1.82) is 0 Å². The van der Waals surface area contributed by atoms with E-state index in [-0.39, 0.29) is 0 Å². The van der Waals surface area contributed by atoms with Crippen molar-refractivity contribution in [3.8, 4) is 0 Å². The van der Waals surface area contributed by atoms with E-state index >= 15 is 0 Å². The Bertz CT molecular complexity index is 326. The molecule has 0 amide bonds. The number of piperidine rings is 1. The molecule has 0 radical (unpaired) electrons. The van der Waals surface area contributed by atoms with Gasteiger partial charge in [0.25, 0.3) is 0 Å². The third-order valence-electron chi connectivity index (χ3n) is 6.89. The molecule has 5 atom stereocenters. The molecule has 0 spiro atoms. The van der Waals surface area contributed by atoms with Crippen molar-refractivity contribution in [2.45, 2.75) is 85.2 Å². The molecule has 2 fully saturated rings. The van der Waals surface area contributed by atoms with Crippen molar-refractivity contribution in [3.63, 3.8) is 0 Å². The van der Waals surface area contributed by atoms with Crippen LogP contribution in [0.3, 0.4) is 0 Å².